The van der Waals surface area contributed by atoms with Gasteiger partial charge in [0.2, 0.25) is 11.8 Å². The first kappa shape index (κ1) is 14.0. The highest BCUT2D eigenvalue weighted by atomic mass is 16.5. The first-order valence-corrected chi connectivity index (χ1v) is 6.40. The summed E-state index contributed by atoms with van der Waals surface area (Å²) in [6.45, 7) is 3.67. The van der Waals surface area contributed by atoms with Crippen molar-refractivity contribution in [3.05, 3.63) is 0 Å². The molecule has 5 nitrogen and oxygen atoms in total. The predicted octanol–water partition coefficient (Wildman–Crippen LogP) is 1.31. The van der Waals surface area contributed by atoms with Crippen molar-refractivity contribution < 1.29 is 14.8 Å². The van der Waals surface area contributed by atoms with Gasteiger partial charge >= 0.3 is 0 Å². The third kappa shape index (κ3) is 4.34. The highest BCUT2D eigenvalue weighted by molar-refractivity contribution is 5.85. The minimum absolute atomic E-state index is 0.0690. The number of unbranched alkanes of at least 4 members (excludes halogenated alkanes) is 1. The van der Waals surface area contributed by atoms with Gasteiger partial charge in [-0.2, -0.15) is 0 Å². The van der Waals surface area contributed by atoms with E-state index in [4.69, 9.17) is 5.21 Å². The number of hydrogen-bond acceptors (Lipinski definition) is 3. The van der Waals surface area contributed by atoms with Gasteiger partial charge in [0.1, 0.15) is 0 Å². The molecule has 0 bridgehead atoms. The molecule has 1 heterocycles. The molecule has 0 aromatic carbocycles. The lowest BCUT2D eigenvalue weighted by Crippen LogP contribution is -2.36. The standard InChI is InChI=1S/C12H22N2O3/c1-2-3-6-10(9-11(15)13-17)12(16)14-7-4-5-8-14/h10,17H,2-9H2,1H3,(H,13,15). The van der Waals surface area contributed by atoms with Crippen molar-refractivity contribution in [2.75, 3.05) is 13.1 Å². The first-order chi connectivity index (χ1) is 8.19. The number of rotatable bonds is 6. The number of nitrogens with one attached hydrogen (secondary N) is 1. The molecule has 1 saturated heterocycles. The van der Waals surface area contributed by atoms with E-state index in [1.54, 1.807) is 5.48 Å². The van der Waals surface area contributed by atoms with Gasteiger partial charge in [0, 0.05) is 25.4 Å². The van der Waals surface area contributed by atoms with Crippen molar-refractivity contribution in [1.29, 1.82) is 0 Å². The van der Waals surface area contributed by atoms with Crippen LogP contribution in [0.3, 0.4) is 0 Å². The van der Waals surface area contributed by atoms with Crippen LogP contribution in [-0.2, 0) is 9.59 Å². The molecule has 0 aromatic rings. The van der Waals surface area contributed by atoms with E-state index in [-0.39, 0.29) is 18.2 Å². The average molecular weight is 242 g/mol. The molecule has 2 N–H and O–H groups in total. The number of amides is 2. The summed E-state index contributed by atoms with van der Waals surface area (Å²) in [5.41, 5.74) is 1.61. The zero-order chi connectivity index (χ0) is 12.7. The number of carbonyl (C=O) groups is 2. The fourth-order valence-corrected chi connectivity index (χ4v) is 2.23. The molecule has 2 amide bonds. The molecule has 0 aliphatic carbocycles. The third-order valence-corrected chi connectivity index (χ3v) is 3.23. The van der Waals surface area contributed by atoms with Gasteiger partial charge in [-0.1, -0.05) is 19.8 Å². The Morgan fingerprint density at radius 2 is 2.00 bits per heavy atom. The van der Waals surface area contributed by atoms with E-state index in [0.29, 0.717) is 0 Å². The minimum atomic E-state index is -0.473. The minimum Gasteiger partial charge on any atom is -0.342 e. The number of hydroxylamine groups is 1. The van der Waals surface area contributed by atoms with Crippen LogP contribution in [0.4, 0.5) is 0 Å². The van der Waals surface area contributed by atoms with E-state index >= 15 is 0 Å². The Morgan fingerprint density at radius 3 is 2.53 bits per heavy atom. The van der Waals surface area contributed by atoms with E-state index in [0.717, 1.165) is 45.2 Å². The van der Waals surface area contributed by atoms with Crippen LogP contribution >= 0.6 is 0 Å². The van der Waals surface area contributed by atoms with Crippen LogP contribution in [0.15, 0.2) is 0 Å². The topological polar surface area (TPSA) is 69.6 Å². The van der Waals surface area contributed by atoms with Crippen molar-refractivity contribution in [2.24, 2.45) is 5.92 Å². The third-order valence-electron chi connectivity index (χ3n) is 3.23. The summed E-state index contributed by atoms with van der Waals surface area (Å²) in [5.74, 6) is -0.682. The molecule has 1 fully saturated rings. The monoisotopic (exact) mass is 242 g/mol. The SMILES string of the molecule is CCCCC(CC(=O)NO)C(=O)N1CCCC1. The summed E-state index contributed by atoms with van der Waals surface area (Å²) in [7, 11) is 0. The summed E-state index contributed by atoms with van der Waals surface area (Å²) in [6.07, 6.45) is 4.86. The zero-order valence-corrected chi connectivity index (χ0v) is 10.4. The second kappa shape index (κ2) is 7.27. The smallest absolute Gasteiger partial charge is 0.244 e. The van der Waals surface area contributed by atoms with Crippen molar-refractivity contribution >= 4 is 11.8 Å². The van der Waals surface area contributed by atoms with Gasteiger partial charge in [-0.3, -0.25) is 14.8 Å². The summed E-state index contributed by atoms with van der Waals surface area (Å²) < 4.78 is 0. The van der Waals surface area contributed by atoms with Crippen LogP contribution in [0.5, 0.6) is 0 Å². The maximum absolute atomic E-state index is 12.2. The largest absolute Gasteiger partial charge is 0.342 e. The van der Waals surface area contributed by atoms with E-state index in [2.05, 4.69) is 6.92 Å². The number of hydrogen-bond donors (Lipinski definition) is 2. The lowest BCUT2D eigenvalue weighted by atomic mass is 9.96. The van der Waals surface area contributed by atoms with Crippen LogP contribution in [0.1, 0.15) is 45.4 Å². The summed E-state index contributed by atoms with van der Waals surface area (Å²) >= 11 is 0. The fraction of sp³-hybridized carbons (Fsp3) is 0.833. The Kier molecular flexibility index (Phi) is 5.97. The van der Waals surface area contributed by atoms with Crippen LogP contribution in [0.2, 0.25) is 0 Å². The highest BCUT2D eigenvalue weighted by Crippen LogP contribution is 2.19. The molecule has 1 atom stereocenters. The maximum Gasteiger partial charge on any atom is 0.244 e. The van der Waals surface area contributed by atoms with Crippen LogP contribution in [0, 0.1) is 5.92 Å². The van der Waals surface area contributed by atoms with E-state index < -0.39 is 5.91 Å². The average Bonchev–Trinajstić information content (AvgIpc) is 2.86. The molecule has 1 aliphatic rings. The van der Waals surface area contributed by atoms with Crippen molar-refractivity contribution in [3.8, 4) is 0 Å². The Hall–Kier alpha value is -1.10. The Balaban J connectivity index is 2.53. The highest BCUT2D eigenvalue weighted by Gasteiger charge is 2.27. The van der Waals surface area contributed by atoms with Gasteiger partial charge in [0.15, 0.2) is 0 Å². The molecule has 0 saturated carbocycles. The Morgan fingerprint density at radius 1 is 1.35 bits per heavy atom. The second-order valence-corrected chi connectivity index (χ2v) is 4.61. The molecule has 0 aromatic heterocycles. The molecule has 0 spiro atoms. The maximum atomic E-state index is 12.2. The molecular weight excluding hydrogens is 220 g/mol. The number of nitrogens with zero attached hydrogens (tertiary/aromatic N) is 1. The van der Waals surface area contributed by atoms with Crippen LogP contribution < -0.4 is 5.48 Å². The number of likely N-dealkylation sites (tertiary alicyclic amines) is 1. The predicted molar refractivity (Wildman–Crippen MR) is 63.4 cm³/mol. The molecule has 5 heteroatoms. The van der Waals surface area contributed by atoms with E-state index in [1.807, 2.05) is 4.90 Å². The number of carbonyl (C=O) groups excluding carboxylic acids is 2. The van der Waals surface area contributed by atoms with Gasteiger partial charge in [0.25, 0.3) is 0 Å². The van der Waals surface area contributed by atoms with E-state index in [1.165, 1.54) is 0 Å². The first-order valence-electron chi connectivity index (χ1n) is 6.40. The van der Waals surface area contributed by atoms with Crippen molar-refractivity contribution in [1.82, 2.24) is 10.4 Å². The summed E-state index contributed by atoms with van der Waals surface area (Å²) in [5, 5.41) is 8.53. The molecule has 1 rings (SSSR count). The summed E-state index contributed by atoms with van der Waals surface area (Å²) in [6, 6.07) is 0. The van der Waals surface area contributed by atoms with Crippen LogP contribution in [0.25, 0.3) is 0 Å². The van der Waals surface area contributed by atoms with Gasteiger partial charge in [-0.25, -0.2) is 5.48 Å². The lowest BCUT2D eigenvalue weighted by molar-refractivity contribution is -0.140. The summed E-state index contributed by atoms with van der Waals surface area (Å²) in [4.78, 5) is 25.2. The van der Waals surface area contributed by atoms with Gasteiger partial charge in [0.05, 0.1) is 0 Å². The van der Waals surface area contributed by atoms with Gasteiger partial charge in [-0.05, 0) is 19.3 Å². The zero-order valence-electron chi connectivity index (χ0n) is 10.4. The van der Waals surface area contributed by atoms with Gasteiger partial charge < -0.3 is 4.90 Å². The van der Waals surface area contributed by atoms with E-state index in [9.17, 15) is 9.59 Å². The Bertz CT molecular complexity index is 262. The fourth-order valence-electron chi connectivity index (χ4n) is 2.23. The Labute approximate surface area is 102 Å². The lowest BCUT2D eigenvalue weighted by Gasteiger charge is -2.22. The molecule has 1 unspecified atom stereocenters. The van der Waals surface area contributed by atoms with Crippen molar-refractivity contribution in [2.45, 2.75) is 45.4 Å². The van der Waals surface area contributed by atoms with Gasteiger partial charge in [-0.15, -0.1) is 0 Å². The van der Waals surface area contributed by atoms with Crippen LogP contribution in [-0.4, -0.2) is 35.0 Å². The quantitative estimate of drug-likeness (QED) is 0.545. The molecule has 17 heavy (non-hydrogen) atoms. The molecular formula is C12H22N2O3. The normalized spacial score (nSPS) is 16.9. The molecule has 98 valence electrons. The second-order valence-electron chi connectivity index (χ2n) is 4.61. The van der Waals surface area contributed by atoms with Crippen molar-refractivity contribution in [3.63, 3.8) is 0 Å². The molecule has 0 radical (unpaired) electrons. The molecule has 1 aliphatic heterocycles.